The van der Waals surface area contributed by atoms with Gasteiger partial charge in [-0.3, -0.25) is 0 Å². The lowest BCUT2D eigenvalue weighted by atomic mass is 9.96. The lowest BCUT2D eigenvalue weighted by Gasteiger charge is -2.30. The van der Waals surface area contributed by atoms with Crippen LogP contribution < -0.4 is 4.90 Å². The second-order valence-corrected chi connectivity index (χ2v) is 15.3. The number of hydrogen-bond donors (Lipinski definition) is 0. The van der Waals surface area contributed by atoms with E-state index in [9.17, 15) is 0 Å². The largest absolute Gasteiger partial charge is 0.456 e. The van der Waals surface area contributed by atoms with E-state index in [0.717, 1.165) is 50.1 Å². The Balaban J connectivity index is 1.35. The Hall–Kier alpha value is -6.20. The number of anilines is 3. The van der Waals surface area contributed by atoms with E-state index in [2.05, 4.69) is 181 Å². The monoisotopic (exact) mass is 699 g/mol. The number of fused-ring (bicyclic) bond motifs is 9. The maximum Gasteiger partial charge on any atom is 0.137 e. The van der Waals surface area contributed by atoms with Gasteiger partial charge in [0.2, 0.25) is 0 Å². The van der Waals surface area contributed by atoms with Gasteiger partial charge in [0.25, 0.3) is 0 Å². The van der Waals surface area contributed by atoms with Crippen molar-refractivity contribution < 1.29 is 4.42 Å². The Kier molecular flexibility index (Phi) is 6.63. The van der Waals surface area contributed by atoms with Gasteiger partial charge in [-0.2, -0.15) is 0 Å². The summed E-state index contributed by atoms with van der Waals surface area (Å²) in [6.07, 6.45) is 0. The number of para-hydroxylation sites is 1. The summed E-state index contributed by atoms with van der Waals surface area (Å²) in [4.78, 5) is 2.56. The smallest absolute Gasteiger partial charge is 0.137 e. The minimum atomic E-state index is 0.872. The minimum absolute atomic E-state index is 0.872. The van der Waals surface area contributed by atoms with Crippen molar-refractivity contribution in [3.63, 3.8) is 0 Å². The molecular weight excluding hydrogens is 671 g/mol. The molecule has 3 heterocycles. The van der Waals surface area contributed by atoms with Crippen LogP contribution in [0.3, 0.4) is 0 Å². The van der Waals surface area contributed by atoms with Crippen molar-refractivity contribution in [1.82, 2.24) is 0 Å². The number of furan rings is 1. The van der Waals surface area contributed by atoms with E-state index in [1.54, 1.807) is 0 Å². The molecule has 0 aliphatic heterocycles. The standard InChI is InChI=1S/C48H29NOS2/c1-3-14-30(15-4-1)32-27-29-41-45(36-19-7-10-23-40(36)50-41)46(32)49(39-22-13-21-35-34-18-8-11-24-42(34)51-47(35)39)38-28-26-33(31-16-5-2-6-17-31)48-44(38)37-20-9-12-25-43(37)52-48/h1-29H. The highest BCUT2D eigenvalue weighted by Crippen LogP contribution is 2.54. The van der Waals surface area contributed by atoms with Crippen molar-refractivity contribution in [1.29, 1.82) is 0 Å². The van der Waals surface area contributed by atoms with Crippen molar-refractivity contribution in [3.05, 3.63) is 176 Å². The highest BCUT2D eigenvalue weighted by molar-refractivity contribution is 7.27. The molecule has 11 rings (SSSR count). The Bertz CT molecular complexity index is 3130. The molecule has 0 atom stereocenters. The SMILES string of the molecule is c1ccc(-c2ccc3oc4ccccc4c3c2N(c2cccc3c2sc2ccccc23)c2ccc(-c3ccccc3)c3sc4ccccc4c23)cc1. The average molecular weight is 700 g/mol. The van der Waals surface area contributed by atoms with Crippen LogP contribution in [0.15, 0.2) is 180 Å². The van der Waals surface area contributed by atoms with E-state index in [1.165, 1.54) is 51.5 Å². The number of rotatable bonds is 5. The van der Waals surface area contributed by atoms with Gasteiger partial charge in [0, 0.05) is 46.6 Å². The summed E-state index contributed by atoms with van der Waals surface area (Å²) in [6, 6.07) is 63.6. The summed E-state index contributed by atoms with van der Waals surface area (Å²) in [7, 11) is 0. The molecule has 0 spiro atoms. The molecule has 0 aliphatic rings. The molecule has 3 aromatic heterocycles. The minimum Gasteiger partial charge on any atom is -0.456 e. The topological polar surface area (TPSA) is 16.4 Å². The molecule has 52 heavy (non-hydrogen) atoms. The normalized spacial score (nSPS) is 11.8. The average Bonchev–Trinajstić information content (AvgIpc) is 3.91. The van der Waals surface area contributed by atoms with Crippen LogP contribution in [0.4, 0.5) is 17.1 Å². The van der Waals surface area contributed by atoms with E-state index >= 15 is 0 Å². The molecule has 0 fully saturated rings. The predicted octanol–water partition coefficient (Wildman–Crippen LogP) is 15.1. The molecule has 8 aromatic carbocycles. The molecule has 244 valence electrons. The first-order chi connectivity index (χ1) is 25.8. The molecule has 2 nitrogen and oxygen atoms in total. The fraction of sp³-hybridized carbons (Fsp3) is 0. The first-order valence-electron chi connectivity index (χ1n) is 17.5. The quantitative estimate of drug-likeness (QED) is 0.178. The summed E-state index contributed by atoms with van der Waals surface area (Å²) in [5.41, 5.74) is 9.94. The molecule has 0 saturated heterocycles. The molecule has 4 heteroatoms. The van der Waals surface area contributed by atoms with E-state index in [1.807, 2.05) is 22.7 Å². The van der Waals surface area contributed by atoms with Gasteiger partial charge < -0.3 is 9.32 Å². The van der Waals surface area contributed by atoms with Gasteiger partial charge >= 0.3 is 0 Å². The van der Waals surface area contributed by atoms with Gasteiger partial charge in [0.15, 0.2) is 0 Å². The van der Waals surface area contributed by atoms with E-state index in [0.29, 0.717) is 0 Å². The number of hydrogen-bond acceptors (Lipinski definition) is 4. The Morgan fingerprint density at radius 2 is 0.962 bits per heavy atom. The molecule has 11 aromatic rings. The van der Waals surface area contributed by atoms with Crippen LogP contribution in [0.2, 0.25) is 0 Å². The lowest BCUT2D eigenvalue weighted by molar-refractivity contribution is 0.669. The third kappa shape index (κ3) is 4.42. The Morgan fingerprint density at radius 3 is 1.75 bits per heavy atom. The van der Waals surface area contributed by atoms with Gasteiger partial charge in [0.05, 0.1) is 27.1 Å². The molecule has 0 radical (unpaired) electrons. The highest BCUT2D eigenvalue weighted by atomic mass is 32.1. The van der Waals surface area contributed by atoms with Crippen molar-refractivity contribution in [2.24, 2.45) is 0 Å². The van der Waals surface area contributed by atoms with Gasteiger partial charge in [-0.05, 0) is 59.2 Å². The van der Waals surface area contributed by atoms with E-state index in [4.69, 9.17) is 4.42 Å². The van der Waals surface area contributed by atoms with Crippen molar-refractivity contribution in [2.45, 2.75) is 0 Å². The van der Waals surface area contributed by atoms with Crippen LogP contribution in [0, 0.1) is 0 Å². The van der Waals surface area contributed by atoms with Crippen molar-refractivity contribution >= 4 is 102 Å². The molecule has 0 bridgehead atoms. The first kappa shape index (κ1) is 29.5. The zero-order valence-electron chi connectivity index (χ0n) is 27.9. The van der Waals surface area contributed by atoms with Crippen LogP contribution in [0.1, 0.15) is 0 Å². The van der Waals surface area contributed by atoms with Gasteiger partial charge in [-0.25, -0.2) is 0 Å². The predicted molar refractivity (Wildman–Crippen MR) is 225 cm³/mol. The highest BCUT2D eigenvalue weighted by Gasteiger charge is 2.28. The summed E-state index contributed by atoms with van der Waals surface area (Å²) in [5.74, 6) is 0. The van der Waals surface area contributed by atoms with Crippen LogP contribution in [-0.2, 0) is 0 Å². The third-order valence-corrected chi connectivity index (χ3v) is 12.7. The van der Waals surface area contributed by atoms with Crippen molar-refractivity contribution in [3.8, 4) is 22.3 Å². The molecule has 0 N–H and O–H groups in total. The zero-order valence-corrected chi connectivity index (χ0v) is 29.5. The van der Waals surface area contributed by atoms with E-state index in [-0.39, 0.29) is 0 Å². The number of thiophene rings is 2. The fourth-order valence-electron chi connectivity index (χ4n) is 8.00. The zero-order chi connectivity index (χ0) is 34.2. The summed E-state index contributed by atoms with van der Waals surface area (Å²) >= 11 is 3.75. The molecule has 0 saturated carbocycles. The van der Waals surface area contributed by atoms with Crippen LogP contribution in [0.5, 0.6) is 0 Å². The van der Waals surface area contributed by atoms with E-state index < -0.39 is 0 Å². The number of benzene rings is 8. The van der Waals surface area contributed by atoms with Crippen LogP contribution in [0.25, 0.3) is 84.5 Å². The van der Waals surface area contributed by atoms with Gasteiger partial charge in [-0.15, -0.1) is 22.7 Å². The van der Waals surface area contributed by atoms with Crippen LogP contribution in [-0.4, -0.2) is 0 Å². The second kappa shape index (κ2) is 11.7. The Morgan fingerprint density at radius 1 is 0.365 bits per heavy atom. The lowest BCUT2D eigenvalue weighted by Crippen LogP contribution is -2.12. The van der Waals surface area contributed by atoms with Crippen LogP contribution >= 0.6 is 22.7 Å². The molecule has 0 aliphatic carbocycles. The molecule has 0 amide bonds. The number of nitrogens with zero attached hydrogens (tertiary/aromatic N) is 1. The maximum atomic E-state index is 6.64. The molecule has 0 unspecified atom stereocenters. The van der Waals surface area contributed by atoms with Gasteiger partial charge in [0.1, 0.15) is 11.2 Å². The van der Waals surface area contributed by atoms with Gasteiger partial charge in [-0.1, -0.05) is 133 Å². The second-order valence-electron chi connectivity index (χ2n) is 13.2. The summed E-state index contributed by atoms with van der Waals surface area (Å²) < 4.78 is 11.7. The fourth-order valence-corrected chi connectivity index (χ4v) is 10.5. The molecular formula is C48H29NOS2. The Labute approximate surface area is 308 Å². The van der Waals surface area contributed by atoms with Crippen molar-refractivity contribution in [2.75, 3.05) is 4.90 Å². The maximum absolute atomic E-state index is 6.64. The third-order valence-electron chi connectivity index (χ3n) is 10.3. The summed E-state index contributed by atoms with van der Waals surface area (Å²) in [6.45, 7) is 0. The first-order valence-corrected chi connectivity index (χ1v) is 19.1. The summed E-state index contributed by atoms with van der Waals surface area (Å²) in [5, 5.41) is 7.27.